The Bertz CT molecular complexity index is 962. The van der Waals surface area contributed by atoms with Crippen LogP contribution in [0.3, 0.4) is 0 Å². The Balaban J connectivity index is 0.00000117. The number of ether oxygens (including phenoxy) is 1. The summed E-state index contributed by atoms with van der Waals surface area (Å²) in [5.74, 6) is -2.71. The van der Waals surface area contributed by atoms with Gasteiger partial charge in [-0.2, -0.15) is 0 Å². The number of esters is 1. The highest BCUT2D eigenvalue weighted by Gasteiger charge is 2.28. The molecule has 1 aliphatic rings. The van der Waals surface area contributed by atoms with Gasteiger partial charge in [0.15, 0.2) is 21.5 Å². The topological polar surface area (TPSA) is 60.4 Å². The largest absolute Gasteiger partial charge is 0.457 e. The molecule has 3 rings (SSSR count). The molecule has 0 N–H and O–H groups in total. The van der Waals surface area contributed by atoms with E-state index < -0.39 is 27.4 Å². The van der Waals surface area contributed by atoms with E-state index in [2.05, 4.69) is 0 Å². The molecule has 26 heavy (non-hydrogen) atoms. The zero-order chi connectivity index (χ0) is 19.5. The molecule has 7 heteroatoms. The highest BCUT2D eigenvalue weighted by Crippen LogP contribution is 2.33. The zero-order valence-corrected chi connectivity index (χ0v) is 15.4. The molecule has 138 valence electrons. The van der Waals surface area contributed by atoms with E-state index in [4.69, 9.17) is 4.74 Å². The highest BCUT2D eigenvalue weighted by molar-refractivity contribution is 7.90. The van der Waals surface area contributed by atoms with Crippen LogP contribution in [0.15, 0.2) is 47.4 Å². The van der Waals surface area contributed by atoms with Crippen molar-refractivity contribution >= 4 is 27.0 Å². The Hall–Kier alpha value is -2.54. The van der Waals surface area contributed by atoms with Crippen molar-refractivity contribution in [1.82, 2.24) is 0 Å². The SMILES string of the molecule is CC.CS(=O)(=O)c1ccc(C2=C(c3ccc(F)c(F)c3)C(=O)OC2)cc1. The minimum Gasteiger partial charge on any atom is -0.457 e. The predicted molar refractivity (Wildman–Crippen MR) is 95.0 cm³/mol. The zero-order valence-electron chi connectivity index (χ0n) is 14.5. The van der Waals surface area contributed by atoms with Crippen molar-refractivity contribution in [2.75, 3.05) is 12.9 Å². The second-order valence-electron chi connectivity index (χ2n) is 5.36. The Morgan fingerprint density at radius 3 is 2.04 bits per heavy atom. The van der Waals surface area contributed by atoms with E-state index in [0.717, 1.165) is 18.4 Å². The number of rotatable bonds is 3. The summed E-state index contributed by atoms with van der Waals surface area (Å²) in [5.41, 5.74) is 1.42. The van der Waals surface area contributed by atoms with E-state index in [1.54, 1.807) is 12.1 Å². The fourth-order valence-corrected chi connectivity index (χ4v) is 3.11. The minimum absolute atomic E-state index is 0.0224. The molecule has 0 saturated heterocycles. The average molecular weight is 380 g/mol. The van der Waals surface area contributed by atoms with Crippen molar-refractivity contribution in [3.05, 3.63) is 65.2 Å². The lowest BCUT2D eigenvalue weighted by Crippen LogP contribution is -2.00. The molecule has 0 unspecified atom stereocenters. The molecule has 2 aromatic carbocycles. The molecule has 1 heterocycles. The molecule has 0 amide bonds. The van der Waals surface area contributed by atoms with Gasteiger partial charge in [0.2, 0.25) is 0 Å². The first-order valence-electron chi connectivity index (χ1n) is 7.93. The lowest BCUT2D eigenvalue weighted by atomic mass is 9.96. The summed E-state index contributed by atoms with van der Waals surface area (Å²) in [6.45, 7) is 3.98. The van der Waals surface area contributed by atoms with Crippen LogP contribution in [0.2, 0.25) is 0 Å². The molecule has 1 aliphatic heterocycles. The average Bonchev–Trinajstić information content (AvgIpc) is 3.00. The van der Waals surface area contributed by atoms with Gasteiger partial charge in [0.1, 0.15) is 6.61 Å². The number of halogens is 2. The number of benzene rings is 2. The number of carbonyl (C=O) groups excluding carboxylic acids is 1. The molecule has 0 aliphatic carbocycles. The third-order valence-electron chi connectivity index (χ3n) is 3.69. The number of carbonyl (C=O) groups is 1. The van der Waals surface area contributed by atoms with Gasteiger partial charge < -0.3 is 4.74 Å². The van der Waals surface area contributed by atoms with Gasteiger partial charge in [-0.3, -0.25) is 0 Å². The van der Waals surface area contributed by atoms with Gasteiger partial charge in [-0.15, -0.1) is 0 Å². The molecule has 0 saturated carbocycles. The summed E-state index contributed by atoms with van der Waals surface area (Å²) >= 11 is 0. The standard InChI is InChI=1S/C17H12F2O4S.C2H6/c1-24(21,22)12-5-2-10(3-6-12)13-9-23-17(20)16(13)11-4-7-14(18)15(19)8-11;1-2/h2-8H,9H2,1H3;1-2H3. The first-order chi connectivity index (χ1) is 12.3. The number of hydrogen-bond donors (Lipinski definition) is 0. The van der Waals surface area contributed by atoms with E-state index in [1.165, 1.54) is 18.2 Å². The van der Waals surface area contributed by atoms with Gasteiger partial charge in [-0.25, -0.2) is 22.0 Å². The Morgan fingerprint density at radius 1 is 0.923 bits per heavy atom. The summed E-state index contributed by atoms with van der Waals surface area (Å²) < 4.78 is 54.6. The van der Waals surface area contributed by atoms with Gasteiger partial charge in [0.05, 0.1) is 10.5 Å². The van der Waals surface area contributed by atoms with Crippen LogP contribution in [-0.2, 0) is 19.4 Å². The molecule has 2 aromatic rings. The van der Waals surface area contributed by atoms with Gasteiger partial charge in [0.25, 0.3) is 0 Å². The lowest BCUT2D eigenvalue weighted by molar-refractivity contribution is -0.133. The van der Waals surface area contributed by atoms with Crippen LogP contribution in [0.25, 0.3) is 11.1 Å². The normalized spacial score (nSPS) is 14.0. The quantitative estimate of drug-likeness (QED) is 0.759. The number of sulfone groups is 1. The van der Waals surface area contributed by atoms with Crippen molar-refractivity contribution in [3.63, 3.8) is 0 Å². The second-order valence-corrected chi connectivity index (χ2v) is 7.37. The molecule has 0 aromatic heterocycles. The molecule has 0 spiro atoms. The monoisotopic (exact) mass is 380 g/mol. The Kier molecular flexibility index (Phi) is 5.92. The van der Waals surface area contributed by atoms with E-state index in [9.17, 15) is 22.0 Å². The highest BCUT2D eigenvalue weighted by atomic mass is 32.2. The maximum absolute atomic E-state index is 13.5. The first-order valence-corrected chi connectivity index (χ1v) is 9.82. The van der Waals surface area contributed by atoms with Crippen LogP contribution in [-0.4, -0.2) is 27.2 Å². The third kappa shape index (κ3) is 3.99. The van der Waals surface area contributed by atoms with Crippen molar-refractivity contribution in [1.29, 1.82) is 0 Å². The van der Waals surface area contributed by atoms with Crippen LogP contribution in [0.5, 0.6) is 0 Å². The van der Waals surface area contributed by atoms with Crippen molar-refractivity contribution < 1.29 is 26.7 Å². The molecule has 0 atom stereocenters. The molecule has 0 bridgehead atoms. The van der Waals surface area contributed by atoms with Gasteiger partial charge >= 0.3 is 5.97 Å². The van der Waals surface area contributed by atoms with Crippen molar-refractivity contribution in [2.24, 2.45) is 0 Å². The van der Waals surface area contributed by atoms with E-state index >= 15 is 0 Å². The van der Waals surface area contributed by atoms with E-state index in [-0.39, 0.29) is 22.6 Å². The minimum atomic E-state index is -3.34. The predicted octanol–water partition coefficient (Wildman–Crippen LogP) is 3.86. The van der Waals surface area contributed by atoms with Crippen LogP contribution < -0.4 is 0 Å². The van der Waals surface area contributed by atoms with Crippen LogP contribution in [0.4, 0.5) is 8.78 Å². The van der Waals surface area contributed by atoms with Crippen LogP contribution in [0.1, 0.15) is 25.0 Å². The fraction of sp³-hybridized carbons (Fsp3) is 0.211. The Morgan fingerprint density at radius 2 is 1.50 bits per heavy atom. The van der Waals surface area contributed by atoms with E-state index in [0.29, 0.717) is 11.1 Å². The van der Waals surface area contributed by atoms with Gasteiger partial charge in [-0.05, 0) is 35.4 Å². The summed E-state index contributed by atoms with van der Waals surface area (Å²) in [6.07, 6.45) is 1.09. The van der Waals surface area contributed by atoms with Gasteiger partial charge in [0, 0.05) is 11.8 Å². The van der Waals surface area contributed by atoms with Crippen LogP contribution >= 0.6 is 0 Å². The summed E-state index contributed by atoms with van der Waals surface area (Å²) in [5, 5.41) is 0. The van der Waals surface area contributed by atoms with Crippen molar-refractivity contribution in [3.8, 4) is 0 Å². The fourth-order valence-electron chi connectivity index (χ4n) is 2.48. The summed E-state index contributed by atoms with van der Waals surface area (Å²) in [4.78, 5) is 12.1. The van der Waals surface area contributed by atoms with Crippen molar-refractivity contribution in [2.45, 2.75) is 18.7 Å². The molecule has 0 radical (unpaired) electrons. The maximum atomic E-state index is 13.5. The Labute approximate surface area is 151 Å². The molecule has 4 nitrogen and oxygen atoms in total. The third-order valence-corrected chi connectivity index (χ3v) is 4.82. The maximum Gasteiger partial charge on any atom is 0.339 e. The van der Waals surface area contributed by atoms with Gasteiger partial charge in [-0.1, -0.05) is 32.0 Å². The molecule has 0 fully saturated rings. The number of hydrogen-bond acceptors (Lipinski definition) is 4. The summed E-state index contributed by atoms with van der Waals surface area (Å²) in [6, 6.07) is 9.11. The molecular weight excluding hydrogens is 362 g/mol. The smallest absolute Gasteiger partial charge is 0.339 e. The first kappa shape index (κ1) is 19.8. The lowest BCUT2D eigenvalue weighted by Gasteiger charge is -2.06. The summed E-state index contributed by atoms with van der Waals surface area (Å²) in [7, 11) is -3.34. The van der Waals surface area contributed by atoms with E-state index in [1.807, 2.05) is 13.8 Å². The molecular formula is C19H18F2O4S. The number of cyclic esters (lactones) is 1. The second kappa shape index (κ2) is 7.78. The van der Waals surface area contributed by atoms with Crippen LogP contribution in [0, 0.1) is 11.6 Å².